The van der Waals surface area contributed by atoms with Gasteiger partial charge in [0.25, 0.3) is 0 Å². The summed E-state index contributed by atoms with van der Waals surface area (Å²) >= 11 is 0. The molecule has 0 fully saturated rings. The van der Waals surface area contributed by atoms with Crippen molar-refractivity contribution in [3.63, 3.8) is 0 Å². The van der Waals surface area contributed by atoms with Crippen molar-refractivity contribution in [1.29, 1.82) is 0 Å². The van der Waals surface area contributed by atoms with Crippen LogP contribution in [0.15, 0.2) is 0 Å². The van der Waals surface area contributed by atoms with Crippen molar-refractivity contribution < 1.29 is 0 Å². The average molecular weight is 425 g/mol. The number of rotatable bonds is 25. The van der Waals surface area contributed by atoms with Crippen LogP contribution in [-0.2, 0) is 0 Å². The molecule has 0 spiro atoms. The number of unbranched alkanes of at least 4 members (excludes halogenated alkanes) is 17. The quantitative estimate of drug-likeness (QED) is 0.144. The Hall–Kier alpha value is -0.0800. The maximum atomic E-state index is 6.32. The Morgan fingerprint density at radius 2 is 0.533 bits per heavy atom. The van der Waals surface area contributed by atoms with Gasteiger partial charge in [-0.05, 0) is 25.7 Å². The van der Waals surface area contributed by atoms with Gasteiger partial charge in [0.2, 0.25) is 0 Å². The fourth-order valence-corrected chi connectivity index (χ4v) is 4.54. The summed E-state index contributed by atoms with van der Waals surface area (Å²) in [5.74, 6) is 0. The zero-order valence-electron chi connectivity index (χ0n) is 21.3. The van der Waals surface area contributed by atoms with E-state index >= 15 is 0 Å². The lowest BCUT2D eigenvalue weighted by atomic mass is 9.98. The maximum absolute atomic E-state index is 6.32. The van der Waals surface area contributed by atoms with Gasteiger partial charge in [0.15, 0.2) is 0 Å². The van der Waals surface area contributed by atoms with E-state index in [9.17, 15) is 0 Å². The lowest BCUT2D eigenvalue weighted by molar-refractivity contribution is 0.458. The topological polar surface area (TPSA) is 52.0 Å². The van der Waals surface area contributed by atoms with Crippen molar-refractivity contribution >= 4 is 0 Å². The predicted molar refractivity (Wildman–Crippen MR) is 138 cm³/mol. The molecule has 0 aromatic rings. The second kappa shape index (κ2) is 25.2. The van der Waals surface area contributed by atoms with E-state index in [-0.39, 0.29) is 0 Å². The van der Waals surface area contributed by atoms with Gasteiger partial charge in [0.1, 0.15) is 0 Å². The summed E-state index contributed by atoms with van der Waals surface area (Å²) in [5.41, 5.74) is 12.6. The summed E-state index contributed by atoms with van der Waals surface area (Å²) in [7, 11) is 0. The highest BCUT2D eigenvalue weighted by Gasteiger charge is 2.05. The summed E-state index contributed by atoms with van der Waals surface area (Å²) in [6, 6.07) is 0.839. The van der Waals surface area contributed by atoms with Gasteiger partial charge in [-0.3, -0.25) is 0 Å². The molecule has 0 amide bonds. The van der Waals surface area contributed by atoms with E-state index in [0.29, 0.717) is 12.1 Å². The van der Waals surface area contributed by atoms with Crippen molar-refractivity contribution in [2.75, 3.05) is 0 Å². The molecular weight excluding hydrogens is 364 g/mol. The van der Waals surface area contributed by atoms with Crippen molar-refractivity contribution in [3.05, 3.63) is 0 Å². The summed E-state index contributed by atoms with van der Waals surface area (Å²) in [6.45, 7) is 4.58. The zero-order valence-corrected chi connectivity index (χ0v) is 21.3. The molecule has 0 heterocycles. The first-order valence-electron chi connectivity index (χ1n) is 14.2. The van der Waals surface area contributed by atoms with E-state index < -0.39 is 0 Å². The summed E-state index contributed by atoms with van der Waals surface area (Å²) in [4.78, 5) is 0. The highest BCUT2D eigenvalue weighted by atomic mass is 14.6. The Morgan fingerprint density at radius 1 is 0.333 bits per heavy atom. The molecule has 4 N–H and O–H groups in total. The molecule has 2 unspecified atom stereocenters. The SMILES string of the molecule is CCCCCCCCCCCC(N)CCCCC(N)CCCCCCCCCCC. The van der Waals surface area contributed by atoms with Crippen molar-refractivity contribution in [2.24, 2.45) is 11.5 Å². The first-order valence-corrected chi connectivity index (χ1v) is 14.2. The fraction of sp³-hybridized carbons (Fsp3) is 1.00. The first-order chi connectivity index (χ1) is 14.7. The van der Waals surface area contributed by atoms with Gasteiger partial charge in [-0.1, -0.05) is 142 Å². The molecule has 2 atom stereocenters. The van der Waals surface area contributed by atoms with Crippen molar-refractivity contribution in [1.82, 2.24) is 0 Å². The van der Waals surface area contributed by atoms with Gasteiger partial charge >= 0.3 is 0 Å². The third-order valence-corrected chi connectivity index (χ3v) is 6.76. The van der Waals surface area contributed by atoms with E-state index in [4.69, 9.17) is 11.5 Å². The minimum Gasteiger partial charge on any atom is -0.328 e. The van der Waals surface area contributed by atoms with Gasteiger partial charge in [-0.15, -0.1) is 0 Å². The zero-order chi connectivity index (χ0) is 22.1. The van der Waals surface area contributed by atoms with Crippen LogP contribution in [0.1, 0.15) is 168 Å². The Labute approximate surface area is 191 Å². The minimum absolute atomic E-state index is 0.420. The molecule has 0 rings (SSSR count). The summed E-state index contributed by atoms with van der Waals surface area (Å²) in [6.07, 6.45) is 32.6. The Kier molecular flexibility index (Phi) is 25.1. The van der Waals surface area contributed by atoms with Gasteiger partial charge in [0, 0.05) is 12.1 Å². The molecule has 0 aliphatic heterocycles. The van der Waals surface area contributed by atoms with E-state index in [1.54, 1.807) is 0 Å². The fourth-order valence-electron chi connectivity index (χ4n) is 4.54. The number of hydrogen-bond acceptors (Lipinski definition) is 2. The third-order valence-electron chi connectivity index (χ3n) is 6.76. The molecule has 0 saturated heterocycles. The van der Waals surface area contributed by atoms with Crippen LogP contribution in [0.2, 0.25) is 0 Å². The monoisotopic (exact) mass is 424 g/mol. The number of hydrogen-bond donors (Lipinski definition) is 2. The predicted octanol–water partition coefficient (Wildman–Crippen LogP) is 9.04. The molecule has 0 saturated carbocycles. The van der Waals surface area contributed by atoms with Crippen LogP contribution in [-0.4, -0.2) is 12.1 Å². The van der Waals surface area contributed by atoms with Gasteiger partial charge in [-0.25, -0.2) is 0 Å². The van der Waals surface area contributed by atoms with Gasteiger partial charge in [-0.2, -0.15) is 0 Å². The van der Waals surface area contributed by atoms with Crippen LogP contribution in [0, 0.1) is 0 Å². The van der Waals surface area contributed by atoms with E-state index in [1.807, 2.05) is 0 Å². The van der Waals surface area contributed by atoms with E-state index in [0.717, 1.165) is 0 Å². The molecule has 30 heavy (non-hydrogen) atoms. The van der Waals surface area contributed by atoms with Gasteiger partial charge < -0.3 is 11.5 Å². The molecule has 0 aliphatic rings. The third kappa shape index (κ3) is 24.2. The number of nitrogens with two attached hydrogens (primary N) is 2. The van der Waals surface area contributed by atoms with Crippen LogP contribution in [0.5, 0.6) is 0 Å². The summed E-state index contributed by atoms with van der Waals surface area (Å²) in [5, 5.41) is 0. The molecule has 2 nitrogen and oxygen atoms in total. The summed E-state index contributed by atoms with van der Waals surface area (Å²) < 4.78 is 0. The van der Waals surface area contributed by atoms with Crippen LogP contribution in [0.25, 0.3) is 0 Å². The molecule has 0 aromatic carbocycles. The smallest absolute Gasteiger partial charge is 0.00388 e. The highest BCUT2D eigenvalue weighted by Crippen LogP contribution is 2.15. The Bertz CT molecular complexity index is 275. The molecule has 0 aliphatic carbocycles. The van der Waals surface area contributed by atoms with Crippen LogP contribution in [0.4, 0.5) is 0 Å². The normalized spacial score (nSPS) is 13.6. The first kappa shape index (κ1) is 29.9. The molecule has 0 bridgehead atoms. The second-order valence-corrected chi connectivity index (χ2v) is 10.0. The van der Waals surface area contributed by atoms with Gasteiger partial charge in [0.05, 0.1) is 0 Å². The minimum atomic E-state index is 0.420. The van der Waals surface area contributed by atoms with E-state index in [2.05, 4.69) is 13.8 Å². The highest BCUT2D eigenvalue weighted by molar-refractivity contribution is 4.65. The lowest BCUT2D eigenvalue weighted by Crippen LogP contribution is -2.21. The largest absolute Gasteiger partial charge is 0.328 e. The maximum Gasteiger partial charge on any atom is 0.00388 e. The van der Waals surface area contributed by atoms with Crippen molar-refractivity contribution in [2.45, 2.75) is 180 Å². The standard InChI is InChI=1S/C28H60N2/c1-3-5-7-9-11-13-15-17-19-23-27(29)25-21-22-26-28(30)24-20-18-16-14-12-10-8-6-4-2/h27-28H,3-26,29-30H2,1-2H3. The average Bonchev–Trinajstić information content (AvgIpc) is 2.74. The van der Waals surface area contributed by atoms with Crippen LogP contribution >= 0.6 is 0 Å². The van der Waals surface area contributed by atoms with E-state index in [1.165, 1.54) is 154 Å². The molecule has 2 heteroatoms. The Morgan fingerprint density at radius 3 is 0.800 bits per heavy atom. The lowest BCUT2D eigenvalue weighted by Gasteiger charge is -2.14. The molecular formula is C28H60N2. The molecule has 182 valence electrons. The second-order valence-electron chi connectivity index (χ2n) is 10.0. The van der Waals surface area contributed by atoms with Crippen molar-refractivity contribution in [3.8, 4) is 0 Å². The van der Waals surface area contributed by atoms with Crippen LogP contribution in [0.3, 0.4) is 0 Å². The Balaban J connectivity index is 3.27. The van der Waals surface area contributed by atoms with Crippen LogP contribution < -0.4 is 11.5 Å². The molecule has 0 aromatic heterocycles. The molecule has 0 radical (unpaired) electrons.